The van der Waals surface area contributed by atoms with Gasteiger partial charge in [-0.05, 0) is 54.3 Å². The predicted octanol–water partition coefficient (Wildman–Crippen LogP) is 2.42. The Balaban J connectivity index is 1.85. The predicted molar refractivity (Wildman–Crippen MR) is 82.6 cm³/mol. The largest absolute Gasteiger partial charge is 0.369 e. The number of hydrogen-bond acceptors (Lipinski definition) is 5. The molecule has 0 aromatic carbocycles. The summed E-state index contributed by atoms with van der Waals surface area (Å²) in [7, 11) is 1.83. The van der Waals surface area contributed by atoms with E-state index in [2.05, 4.69) is 48.4 Å². The Kier molecular flexibility index (Phi) is 5.39. The van der Waals surface area contributed by atoms with Crippen LogP contribution in [0.25, 0.3) is 0 Å². The number of piperidine rings is 1. The molecular weight excluding hydrogens is 306 g/mol. The van der Waals surface area contributed by atoms with Crippen molar-refractivity contribution in [3.8, 4) is 0 Å². The quantitative estimate of drug-likeness (QED) is 0.869. The van der Waals surface area contributed by atoms with E-state index < -0.39 is 0 Å². The van der Waals surface area contributed by atoms with E-state index in [0.29, 0.717) is 5.95 Å². The Bertz CT molecular complexity index is 404. The molecule has 2 heterocycles. The minimum absolute atomic E-state index is 0.645. The first kappa shape index (κ1) is 14.5. The molecule has 1 saturated heterocycles. The second-order valence-corrected chi connectivity index (χ2v) is 5.75. The molecule has 0 radical (unpaired) electrons. The lowest BCUT2D eigenvalue weighted by Crippen LogP contribution is -2.35. The average molecular weight is 328 g/mol. The molecule has 19 heavy (non-hydrogen) atoms. The molecule has 0 saturated carbocycles. The maximum atomic E-state index is 4.42. The van der Waals surface area contributed by atoms with Crippen molar-refractivity contribution in [3.05, 3.63) is 10.7 Å². The molecule has 0 spiro atoms. The summed E-state index contributed by atoms with van der Waals surface area (Å²) in [6.07, 6.45) is 4.31. The van der Waals surface area contributed by atoms with Crippen LogP contribution < -0.4 is 10.6 Å². The SMILES string of the molecule is CCN1CCC(CNc2nc(NC)ncc2Br)CC1. The maximum absolute atomic E-state index is 4.42. The summed E-state index contributed by atoms with van der Waals surface area (Å²) in [5.74, 6) is 2.26. The zero-order valence-electron chi connectivity index (χ0n) is 11.6. The lowest BCUT2D eigenvalue weighted by atomic mass is 9.97. The van der Waals surface area contributed by atoms with E-state index in [-0.39, 0.29) is 0 Å². The van der Waals surface area contributed by atoms with Gasteiger partial charge in [-0.2, -0.15) is 4.98 Å². The summed E-state index contributed by atoms with van der Waals surface area (Å²) in [6.45, 7) is 6.82. The summed E-state index contributed by atoms with van der Waals surface area (Å²) in [5.41, 5.74) is 0. The van der Waals surface area contributed by atoms with Crippen LogP contribution in [-0.4, -0.2) is 48.1 Å². The zero-order chi connectivity index (χ0) is 13.7. The first-order chi connectivity index (χ1) is 9.22. The molecule has 2 rings (SSSR count). The molecule has 0 aliphatic carbocycles. The number of rotatable bonds is 5. The van der Waals surface area contributed by atoms with Crippen LogP contribution in [0.1, 0.15) is 19.8 Å². The number of aromatic nitrogens is 2. The number of likely N-dealkylation sites (tertiary alicyclic amines) is 1. The van der Waals surface area contributed by atoms with Crippen LogP contribution in [0.4, 0.5) is 11.8 Å². The van der Waals surface area contributed by atoms with Gasteiger partial charge in [-0.1, -0.05) is 6.92 Å². The van der Waals surface area contributed by atoms with Crippen LogP contribution in [-0.2, 0) is 0 Å². The van der Waals surface area contributed by atoms with E-state index in [1.807, 2.05) is 7.05 Å². The minimum atomic E-state index is 0.645. The van der Waals surface area contributed by atoms with Crippen molar-refractivity contribution in [1.29, 1.82) is 0 Å². The topological polar surface area (TPSA) is 53.1 Å². The Morgan fingerprint density at radius 3 is 2.79 bits per heavy atom. The number of nitrogens with zero attached hydrogens (tertiary/aromatic N) is 3. The molecule has 0 atom stereocenters. The average Bonchev–Trinajstić information content (AvgIpc) is 2.47. The monoisotopic (exact) mass is 327 g/mol. The van der Waals surface area contributed by atoms with Gasteiger partial charge in [0.05, 0.1) is 4.47 Å². The fraction of sp³-hybridized carbons (Fsp3) is 0.692. The molecule has 0 amide bonds. The molecule has 1 aliphatic heterocycles. The van der Waals surface area contributed by atoms with E-state index in [1.165, 1.54) is 32.5 Å². The van der Waals surface area contributed by atoms with Gasteiger partial charge in [-0.25, -0.2) is 4.98 Å². The summed E-state index contributed by atoms with van der Waals surface area (Å²) < 4.78 is 0.914. The molecule has 1 fully saturated rings. The molecule has 2 N–H and O–H groups in total. The van der Waals surface area contributed by atoms with Crippen molar-refractivity contribution in [2.24, 2.45) is 5.92 Å². The third-order valence-electron chi connectivity index (χ3n) is 3.68. The second-order valence-electron chi connectivity index (χ2n) is 4.90. The first-order valence-corrected chi connectivity index (χ1v) is 7.68. The van der Waals surface area contributed by atoms with E-state index in [9.17, 15) is 0 Å². The van der Waals surface area contributed by atoms with Gasteiger partial charge in [0.2, 0.25) is 5.95 Å². The highest BCUT2D eigenvalue weighted by Gasteiger charge is 2.18. The highest BCUT2D eigenvalue weighted by atomic mass is 79.9. The van der Waals surface area contributed by atoms with Crippen molar-refractivity contribution in [2.45, 2.75) is 19.8 Å². The summed E-state index contributed by atoms with van der Waals surface area (Å²) >= 11 is 3.48. The maximum Gasteiger partial charge on any atom is 0.224 e. The molecule has 5 nitrogen and oxygen atoms in total. The Labute approximate surface area is 123 Å². The van der Waals surface area contributed by atoms with E-state index in [1.54, 1.807) is 6.20 Å². The standard InChI is InChI=1S/C13H22BrN5/c1-3-19-6-4-10(5-7-19)8-16-12-11(14)9-17-13(15-2)18-12/h9-10H,3-8H2,1-2H3,(H2,15,16,17,18). The smallest absolute Gasteiger partial charge is 0.224 e. The van der Waals surface area contributed by atoms with Gasteiger partial charge in [0.15, 0.2) is 0 Å². The van der Waals surface area contributed by atoms with Crippen molar-refractivity contribution in [3.63, 3.8) is 0 Å². The second kappa shape index (κ2) is 7.05. The van der Waals surface area contributed by atoms with Gasteiger partial charge >= 0.3 is 0 Å². The molecule has 1 aliphatic rings. The third-order valence-corrected chi connectivity index (χ3v) is 4.26. The van der Waals surface area contributed by atoms with E-state index in [0.717, 1.165) is 22.8 Å². The van der Waals surface area contributed by atoms with Gasteiger partial charge in [0.25, 0.3) is 0 Å². The lowest BCUT2D eigenvalue weighted by Gasteiger charge is -2.31. The molecule has 0 bridgehead atoms. The number of nitrogens with one attached hydrogen (secondary N) is 2. The Hall–Kier alpha value is -0.880. The number of anilines is 2. The van der Waals surface area contributed by atoms with Crippen molar-refractivity contribution >= 4 is 27.7 Å². The fourth-order valence-electron chi connectivity index (χ4n) is 2.36. The lowest BCUT2D eigenvalue weighted by molar-refractivity contribution is 0.198. The van der Waals surface area contributed by atoms with Gasteiger partial charge < -0.3 is 15.5 Å². The normalized spacial score (nSPS) is 17.4. The van der Waals surface area contributed by atoms with Crippen molar-refractivity contribution < 1.29 is 0 Å². The van der Waals surface area contributed by atoms with Crippen LogP contribution in [0.2, 0.25) is 0 Å². The number of halogens is 1. The number of hydrogen-bond donors (Lipinski definition) is 2. The van der Waals surface area contributed by atoms with Gasteiger partial charge in [-0.3, -0.25) is 0 Å². The third kappa shape index (κ3) is 4.04. The van der Waals surface area contributed by atoms with E-state index in [4.69, 9.17) is 0 Å². The molecule has 0 unspecified atom stereocenters. The molecule has 1 aromatic rings. The molecular formula is C13H22BrN5. The highest BCUT2D eigenvalue weighted by Crippen LogP contribution is 2.22. The molecule has 6 heteroatoms. The van der Waals surface area contributed by atoms with E-state index >= 15 is 0 Å². The fourth-order valence-corrected chi connectivity index (χ4v) is 2.69. The van der Waals surface area contributed by atoms with Gasteiger partial charge in [0.1, 0.15) is 5.82 Å². The van der Waals surface area contributed by atoms with Crippen LogP contribution in [0.3, 0.4) is 0 Å². The van der Waals surface area contributed by atoms with Crippen LogP contribution in [0.15, 0.2) is 10.7 Å². The van der Waals surface area contributed by atoms with Crippen LogP contribution >= 0.6 is 15.9 Å². The minimum Gasteiger partial charge on any atom is -0.369 e. The van der Waals surface area contributed by atoms with Crippen molar-refractivity contribution in [1.82, 2.24) is 14.9 Å². The Morgan fingerprint density at radius 2 is 2.16 bits per heavy atom. The van der Waals surface area contributed by atoms with Crippen LogP contribution in [0, 0.1) is 5.92 Å². The van der Waals surface area contributed by atoms with Crippen LogP contribution in [0.5, 0.6) is 0 Å². The summed E-state index contributed by atoms with van der Waals surface area (Å²) in [4.78, 5) is 11.1. The molecule has 1 aromatic heterocycles. The first-order valence-electron chi connectivity index (χ1n) is 6.89. The summed E-state index contributed by atoms with van der Waals surface area (Å²) in [6, 6.07) is 0. The Morgan fingerprint density at radius 1 is 1.42 bits per heavy atom. The highest BCUT2D eigenvalue weighted by molar-refractivity contribution is 9.10. The zero-order valence-corrected chi connectivity index (χ0v) is 13.2. The van der Waals surface area contributed by atoms with Gasteiger partial charge in [-0.15, -0.1) is 0 Å². The van der Waals surface area contributed by atoms with Crippen molar-refractivity contribution in [2.75, 3.05) is 43.9 Å². The molecule has 106 valence electrons. The van der Waals surface area contributed by atoms with Gasteiger partial charge in [0, 0.05) is 19.8 Å². The summed E-state index contributed by atoms with van der Waals surface area (Å²) in [5, 5.41) is 6.39.